The number of hydrogen-bond acceptors (Lipinski definition) is 3. The fourth-order valence-corrected chi connectivity index (χ4v) is 1.06. The van der Waals surface area contributed by atoms with Gasteiger partial charge in [0.05, 0.1) is 7.05 Å². The summed E-state index contributed by atoms with van der Waals surface area (Å²) < 4.78 is -0.441. The minimum atomic E-state index is -0.220. The quantitative estimate of drug-likeness (QED) is 0.440. The van der Waals surface area contributed by atoms with E-state index in [0.717, 1.165) is 5.23 Å². The predicted octanol–water partition coefficient (Wildman–Crippen LogP) is 3.11. The fraction of sp³-hybridized carbons (Fsp3) is 0.0769. The number of nitrogens with zero attached hydrogens (tertiary/aromatic N) is 3. The van der Waals surface area contributed by atoms with Crippen LogP contribution in [-0.4, -0.2) is 21.6 Å². The molecule has 0 saturated heterocycles. The first kappa shape index (κ1) is 16.2. The summed E-state index contributed by atoms with van der Waals surface area (Å²) in [7, 11) is 1.56. The first-order chi connectivity index (χ1) is 8.46. The lowest BCUT2D eigenvalue weighted by atomic mass is 10.7. The Balaban J connectivity index is 4.92. The average Bonchev–Trinajstić information content (AvgIpc) is 2.42. The summed E-state index contributed by atoms with van der Waals surface area (Å²) in [5.41, 5.74) is 0. The van der Waals surface area contributed by atoms with Gasteiger partial charge in [0.15, 0.2) is 0 Å². The maximum absolute atomic E-state index is 5.48. The Morgan fingerprint density at radius 3 is 1.06 bits per heavy atom. The molecule has 0 saturated carbocycles. The molecule has 5 nitrogen and oxygen atoms in total. The van der Waals surface area contributed by atoms with Gasteiger partial charge in [-0.25, -0.2) is 0 Å². The minimum Gasteiger partial charge on any atom is -0.0803 e. The van der Waals surface area contributed by atoms with Crippen molar-refractivity contribution in [1.29, 1.82) is 0 Å². The van der Waals surface area contributed by atoms with Crippen molar-refractivity contribution >= 4 is 0 Å². The second kappa shape index (κ2) is 6.85. The van der Waals surface area contributed by atoms with Gasteiger partial charge in [-0.2, -0.15) is 0 Å². The highest BCUT2D eigenvalue weighted by Gasteiger charge is 2.29. The van der Waals surface area contributed by atoms with Crippen molar-refractivity contribution in [2.75, 3.05) is 7.05 Å². The van der Waals surface area contributed by atoms with E-state index in [2.05, 4.69) is 39.5 Å². The summed E-state index contributed by atoms with van der Waals surface area (Å²) in [6, 6.07) is 0. The molecule has 0 aromatic rings. The second-order valence-corrected chi connectivity index (χ2v) is 3.23. The molecule has 0 aromatic carbocycles. The van der Waals surface area contributed by atoms with Crippen LogP contribution >= 0.6 is 0 Å². The third-order valence-electron chi connectivity index (χ3n) is 2.22. The molecule has 0 aliphatic heterocycles. The van der Waals surface area contributed by atoms with Crippen LogP contribution < -0.4 is 0 Å². The maximum atomic E-state index is 5.48. The monoisotopic (exact) mass is 251 g/mol. The predicted molar refractivity (Wildman–Crippen MR) is 71.6 cm³/mol. The van der Waals surface area contributed by atoms with Crippen molar-refractivity contribution in [3.05, 3.63) is 76.7 Å². The van der Waals surface area contributed by atoms with E-state index in [-0.39, 0.29) is 9.29 Å². The third kappa shape index (κ3) is 3.63. The molecule has 0 aliphatic carbocycles. The lowest BCUT2D eigenvalue weighted by molar-refractivity contribution is -1.10. The van der Waals surface area contributed by atoms with Crippen molar-refractivity contribution in [3.63, 3.8) is 0 Å². The van der Waals surface area contributed by atoms with Crippen LogP contribution in [0.2, 0.25) is 0 Å². The molecule has 0 fully saturated rings. The molecule has 0 unspecified atom stereocenters. The third-order valence-corrected chi connectivity index (χ3v) is 2.22. The van der Waals surface area contributed by atoms with Gasteiger partial charge in [0.25, 0.3) is 0 Å². The fourth-order valence-electron chi connectivity index (χ4n) is 1.06. The van der Waals surface area contributed by atoms with E-state index >= 15 is 0 Å². The van der Waals surface area contributed by atoms with Crippen LogP contribution in [-0.2, 0) is 9.88 Å². The zero-order valence-corrected chi connectivity index (χ0v) is 10.9. The first-order valence-electron chi connectivity index (χ1n) is 5.18. The molecule has 0 radical (unpaired) electrons. The van der Waals surface area contributed by atoms with Crippen LogP contribution in [0.3, 0.4) is 0 Å². The number of hydroxylamine groups is 8. The van der Waals surface area contributed by atoms with Crippen LogP contribution in [0.25, 0.3) is 0 Å². The van der Waals surface area contributed by atoms with E-state index in [1.807, 2.05) is 0 Å². The van der Waals surface area contributed by atoms with Crippen LogP contribution in [0.15, 0.2) is 76.7 Å². The average molecular weight is 251 g/mol. The molecule has 0 bridgehead atoms. The molecule has 0 heterocycles. The standard InChI is InChI=1S/C13H21N3O2/c1-8-15(9-2,10-3)17-14(7)18-16(11-4,12-5)13-6/h8-13H,1-6H2,7H3/q+2. The van der Waals surface area contributed by atoms with E-state index in [0.29, 0.717) is 0 Å². The molecule has 0 rings (SSSR count). The summed E-state index contributed by atoms with van der Waals surface area (Å²) in [6.45, 7) is 21.9. The van der Waals surface area contributed by atoms with Gasteiger partial charge in [0.1, 0.15) is 37.2 Å². The van der Waals surface area contributed by atoms with Gasteiger partial charge < -0.3 is 0 Å². The van der Waals surface area contributed by atoms with Gasteiger partial charge in [-0.3, -0.25) is 0 Å². The Labute approximate surface area is 109 Å². The topological polar surface area (TPSA) is 21.7 Å². The van der Waals surface area contributed by atoms with Gasteiger partial charge in [0.2, 0.25) is 0 Å². The second-order valence-electron chi connectivity index (χ2n) is 3.23. The van der Waals surface area contributed by atoms with E-state index < -0.39 is 0 Å². The van der Waals surface area contributed by atoms with Gasteiger partial charge in [-0.05, 0) is 39.5 Å². The van der Waals surface area contributed by atoms with E-state index in [4.69, 9.17) is 9.88 Å². The maximum Gasteiger partial charge on any atom is 0.133 e. The summed E-state index contributed by atoms with van der Waals surface area (Å²) in [4.78, 5) is 11.0. The van der Waals surface area contributed by atoms with Crippen molar-refractivity contribution < 1.29 is 19.2 Å². The molecule has 5 heteroatoms. The van der Waals surface area contributed by atoms with Crippen molar-refractivity contribution in [3.8, 4) is 0 Å². The molecule has 0 spiro atoms. The molecule has 18 heavy (non-hydrogen) atoms. The molecule has 0 N–H and O–H groups in total. The van der Waals surface area contributed by atoms with Gasteiger partial charge in [0, 0.05) is 5.23 Å². The Kier molecular flexibility index (Phi) is 6.18. The molecular weight excluding hydrogens is 230 g/mol. The molecule has 0 atom stereocenters. The highest BCUT2D eigenvalue weighted by Crippen LogP contribution is 2.17. The minimum absolute atomic E-state index is 0.220. The Morgan fingerprint density at radius 1 is 0.667 bits per heavy atom. The Morgan fingerprint density at radius 2 is 0.889 bits per heavy atom. The van der Waals surface area contributed by atoms with E-state index in [9.17, 15) is 0 Å². The largest absolute Gasteiger partial charge is 0.133 e. The zero-order chi connectivity index (χ0) is 14.2. The summed E-state index contributed by atoms with van der Waals surface area (Å²) >= 11 is 0. The molecule has 0 aromatic heterocycles. The number of quaternary nitrogens is 2. The SMILES string of the molecule is C=C[N+](C=C)(C=C)ON(C)O[N+](C=C)(C=C)C=C. The Bertz CT molecular complexity index is 286. The summed E-state index contributed by atoms with van der Waals surface area (Å²) in [6.07, 6.45) is 8.94. The summed E-state index contributed by atoms with van der Waals surface area (Å²) in [5.74, 6) is 0. The van der Waals surface area contributed by atoms with Crippen LogP contribution in [0.4, 0.5) is 0 Å². The lowest BCUT2D eigenvalue weighted by Gasteiger charge is -2.29. The number of rotatable bonds is 10. The van der Waals surface area contributed by atoms with E-state index in [1.165, 1.54) is 37.2 Å². The lowest BCUT2D eigenvalue weighted by Crippen LogP contribution is -2.44. The van der Waals surface area contributed by atoms with Gasteiger partial charge in [-0.15, -0.1) is 0 Å². The van der Waals surface area contributed by atoms with Gasteiger partial charge in [-0.1, -0.05) is 19.2 Å². The van der Waals surface area contributed by atoms with Crippen LogP contribution in [0.5, 0.6) is 0 Å². The van der Waals surface area contributed by atoms with Crippen LogP contribution in [0, 0.1) is 0 Å². The first-order valence-corrected chi connectivity index (χ1v) is 5.18. The van der Waals surface area contributed by atoms with Crippen molar-refractivity contribution in [2.45, 2.75) is 0 Å². The molecule has 0 amide bonds. The molecular formula is C13H21N3O2+2. The zero-order valence-electron chi connectivity index (χ0n) is 10.9. The number of hydrogen-bond donors (Lipinski definition) is 0. The van der Waals surface area contributed by atoms with Crippen LogP contribution in [0.1, 0.15) is 0 Å². The smallest absolute Gasteiger partial charge is 0.0803 e. The molecule has 0 aliphatic rings. The normalized spacial score (nSPS) is 11.7. The Hall–Kier alpha value is -1.76. The van der Waals surface area contributed by atoms with Crippen molar-refractivity contribution in [1.82, 2.24) is 5.23 Å². The van der Waals surface area contributed by atoms with E-state index in [1.54, 1.807) is 7.05 Å². The highest BCUT2D eigenvalue weighted by molar-refractivity contribution is 4.69. The van der Waals surface area contributed by atoms with Crippen molar-refractivity contribution in [2.24, 2.45) is 0 Å². The van der Waals surface area contributed by atoms with Gasteiger partial charge >= 0.3 is 0 Å². The molecule has 98 valence electrons. The highest BCUT2D eigenvalue weighted by atomic mass is 17.1. The summed E-state index contributed by atoms with van der Waals surface area (Å²) in [5, 5.41) is 1.12.